The highest BCUT2D eigenvalue weighted by Gasteiger charge is 2.28. The van der Waals surface area contributed by atoms with E-state index >= 15 is 0 Å². The lowest BCUT2D eigenvalue weighted by atomic mass is 10.1. The van der Waals surface area contributed by atoms with E-state index in [4.69, 9.17) is 5.11 Å². The van der Waals surface area contributed by atoms with Gasteiger partial charge in [0.15, 0.2) is 0 Å². The summed E-state index contributed by atoms with van der Waals surface area (Å²) < 4.78 is 0. The summed E-state index contributed by atoms with van der Waals surface area (Å²) >= 11 is 0. The maximum absolute atomic E-state index is 10.8. The zero-order chi connectivity index (χ0) is 11.5. The van der Waals surface area contributed by atoms with Crippen molar-refractivity contribution in [1.29, 1.82) is 0 Å². The Bertz CT molecular complexity index is 248. The molecule has 2 fully saturated rings. The maximum Gasteiger partial charge on any atom is 0.307 e. The fourth-order valence-corrected chi connectivity index (χ4v) is 2.31. The zero-order valence-electron chi connectivity index (χ0n) is 9.85. The average molecular weight is 227 g/mol. The first-order chi connectivity index (χ1) is 7.66. The second-order valence-electron chi connectivity index (χ2n) is 4.89. The molecule has 0 aromatic rings. The van der Waals surface area contributed by atoms with Gasteiger partial charge in [-0.15, -0.1) is 0 Å². The number of piperazine rings is 1. The summed E-state index contributed by atoms with van der Waals surface area (Å²) in [6, 6.07) is 0.721. The Morgan fingerprint density at radius 2 is 2.00 bits per heavy atom. The Kier molecular flexibility index (Phi) is 3.78. The number of carboxylic acids is 1. The number of carbonyl (C=O) groups is 1. The van der Waals surface area contributed by atoms with Gasteiger partial charge in [0, 0.05) is 51.9 Å². The van der Waals surface area contributed by atoms with E-state index in [1.54, 1.807) is 6.92 Å². The summed E-state index contributed by atoms with van der Waals surface area (Å²) in [7, 11) is 0. The molecule has 2 rings (SSSR count). The molecule has 16 heavy (non-hydrogen) atoms. The third kappa shape index (κ3) is 2.72. The Labute approximate surface area is 96.4 Å². The molecule has 1 unspecified atom stereocenters. The fraction of sp³-hybridized carbons (Fsp3) is 0.909. The molecule has 2 saturated heterocycles. The molecule has 2 aliphatic rings. The molecular formula is C11H21N3O2. The van der Waals surface area contributed by atoms with Crippen molar-refractivity contribution in [3.05, 3.63) is 0 Å². The second kappa shape index (κ2) is 5.12. The Morgan fingerprint density at radius 3 is 2.44 bits per heavy atom. The van der Waals surface area contributed by atoms with Gasteiger partial charge < -0.3 is 10.4 Å². The monoisotopic (exact) mass is 227 g/mol. The quantitative estimate of drug-likeness (QED) is 0.665. The molecule has 0 amide bonds. The van der Waals surface area contributed by atoms with Crippen LogP contribution in [-0.4, -0.2) is 72.7 Å². The SMILES string of the molecule is CC(CN1CCN(C2CNC2)CC1)C(=O)O. The van der Waals surface area contributed by atoms with Crippen LogP contribution in [0.15, 0.2) is 0 Å². The van der Waals surface area contributed by atoms with E-state index in [0.717, 1.165) is 45.3 Å². The zero-order valence-corrected chi connectivity index (χ0v) is 9.85. The van der Waals surface area contributed by atoms with Crippen molar-refractivity contribution in [1.82, 2.24) is 15.1 Å². The van der Waals surface area contributed by atoms with Gasteiger partial charge in [0.05, 0.1) is 5.92 Å². The molecule has 0 aromatic carbocycles. The van der Waals surface area contributed by atoms with Crippen LogP contribution in [0.5, 0.6) is 0 Å². The van der Waals surface area contributed by atoms with Crippen LogP contribution in [0, 0.1) is 5.92 Å². The first-order valence-electron chi connectivity index (χ1n) is 6.06. The Morgan fingerprint density at radius 1 is 1.38 bits per heavy atom. The predicted molar refractivity (Wildman–Crippen MR) is 61.5 cm³/mol. The van der Waals surface area contributed by atoms with E-state index in [9.17, 15) is 4.79 Å². The lowest BCUT2D eigenvalue weighted by molar-refractivity contribution is -0.141. The molecular weight excluding hydrogens is 206 g/mol. The second-order valence-corrected chi connectivity index (χ2v) is 4.89. The van der Waals surface area contributed by atoms with Crippen LogP contribution in [-0.2, 0) is 4.79 Å². The first-order valence-corrected chi connectivity index (χ1v) is 6.06. The molecule has 2 heterocycles. The van der Waals surface area contributed by atoms with E-state index in [1.807, 2.05) is 0 Å². The summed E-state index contributed by atoms with van der Waals surface area (Å²) in [6.45, 7) is 8.88. The lowest BCUT2D eigenvalue weighted by Gasteiger charge is -2.43. The van der Waals surface area contributed by atoms with E-state index in [2.05, 4.69) is 15.1 Å². The fourth-order valence-electron chi connectivity index (χ4n) is 2.31. The molecule has 0 aliphatic carbocycles. The predicted octanol–water partition coefficient (Wildman–Crippen LogP) is -0.703. The molecule has 0 spiro atoms. The van der Waals surface area contributed by atoms with Gasteiger partial charge in [-0.05, 0) is 0 Å². The van der Waals surface area contributed by atoms with Gasteiger partial charge >= 0.3 is 5.97 Å². The standard InChI is InChI=1S/C11H21N3O2/c1-9(11(15)16)8-13-2-4-14(5-3-13)10-6-12-7-10/h9-10,12H,2-8H2,1H3,(H,15,16). The number of nitrogens with one attached hydrogen (secondary N) is 1. The van der Waals surface area contributed by atoms with Crippen molar-refractivity contribution < 1.29 is 9.90 Å². The molecule has 0 saturated carbocycles. The van der Waals surface area contributed by atoms with E-state index in [0.29, 0.717) is 6.54 Å². The number of hydrogen-bond acceptors (Lipinski definition) is 4. The van der Waals surface area contributed by atoms with Crippen molar-refractivity contribution in [3.63, 3.8) is 0 Å². The minimum absolute atomic E-state index is 0.253. The Hall–Kier alpha value is -0.650. The average Bonchev–Trinajstić information content (AvgIpc) is 2.18. The van der Waals surface area contributed by atoms with E-state index in [-0.39, 0.29) is 5.92 Å². The molecule has 1 atom stereocenters. The summed E-state index contributed by atoms with van der Waals surface area (Å²) in [4.78, 5) is 15.5. The van der Waals surface area contributed by atoms with Gasteiger partial charge in [-0.1, -0.05) is 6.92 Å². The number of aliphatic carboxylic acids is 1. The van der Waals surface area contributed by atoms with Crippen LogP contribution in [0.3, 0.4) is 0 Å². The van der Waals surface area contributed by atoms with E-state index < -0.39 is 5.97 Å². The molecule has 2 N–H and O–H groups in total. The topological polar surface area (TPSA) is 55.8 Å². The number of carboxylic acid groups (broad SMARTS) is 1. The highest BCUT2D eigenvalue weighted by atomic mass is 16.4. The van der Waals surface area contributed by atoms with Crippen LogP contribution in [0.25, 0.3) is 0 Å². The summed E-state index contributed by atoms with van der Waals surface area (Å²) in [6.07, 6.45) is 0. The van der Waals surface area contributed by atoms with Crippen molar-refractivity contribution in [2.45, 2.75) is 13.0 Å². The van der Waals surface area contributed by atoms with Crippen molar-refractivity contribution in [2.24, 2.45) is 5.92 Å². The van der Waals surface area contributed by atoms with Crippen LogP contribution in [0.2, 0.25) is 0 Å². The first kappa shape index (κ1) is 11.8. The van der Waals surface area contributed by atoms with Crippen LogP contribution in [0.4, 0.5) is 0 Å². The molecule has 0 bridgehead atoms. The van der Waals surface area contributed by atoms with Crippen LogP contribution >= 0.6 is 0 Å². The van der Waals surface area contributed by atoms with Gasteiger partial charge in [0.1, 0.15) is 0 Å². The molecule has 0 aromatic heterocycles. The number of hydrogen-bond donors (Lipinski definition) is 2. The van der Waals surface area contributed by atoms with Gasteiger partial charge in [0.25, 0.3) is 0 Å². The van der Waals surface area contributed by atoms with Crippen molar-refractivity contribution in [3.8, 4) is 0 Å². The molecule has 2 aliphatic heterocycles. The number of rotatable bonds is 4. The molecule has 92 valence electrons. The van der Waals surface area contributed by atoms with Gasteiger partial charge in [-0.2, -0.15) is 0 Å². The Balaban J connectivity index is 1.70. The van der Waals surface area contributed by atoms with E-state index in [1.165, 1.54) is 0 Å². The van der Waals surface area contributed by atoms with Gasteiger partial charge in [0.2, 0.25) is 0 Å². The van der Waals surface area contributed by atoms with Gasteiger partial charge in [-0.3, -0.25) is 14.6 Å². The van der Waals surface area contributed by atoms with Crippen molar-refractivity contribution >= 4 is 5.97 Å². The molecule has 0 radical (unpaired) electrons. The highest BCUT2D eigenvalue weighted by Crippen LogP contribution is 2.11. The van der Waals surface area contributed by atoms with Gasteiger partial charge in [-0.25, -0.2) is 0 Å². The summed E-state index contributed by atoms with van der Waals surface area (Å²) in [5.41, 5.74) is 0. The molecule has 5 nitrogen and oxygen atoms in total. The van der Waals surface area contributed by atoms with Crippen LogP contribution < -0.4 is 5.32 Å². The summed E-state index contributed by atoms with van der Waals surface area (Å²) in [5.74, 6) is -0.942. The molecule has 5 heteroatoms. The lowest BCUT2D eigenvalue weighted by Crippen LogP contribution is -2.61. The van der Waals surface area contributed by atoms with Crippen LogP contribution in [0.1, 0.15) is 6.92 Å². The minimum Gasteiger partial charge on any atom is -0.481 e. The smallest absolute Gasteiger partial charge is 0.307 e. The third-order valence-electron chi connectivity index (χ3n) is 3.64. The third-order valence-corrected chi connectivity index (χ3v) is 3.64. The maximum atomic E-state index is 10.8. The number of nitrogens with zero attached hydrogens (tertiary/aromatic N) is 2. The largest absolute Gasteiger partial charge is 0.481 e. The van der Waals surface area contributed by atoms with Crippen molar-refractivity contribution in [2.75, 3.05) is 45.8 Å². The minimum atomic E-state index is -0.689. The summed E-state index contributed by atoms with van der Waals surface area (Å²) in [5, 5.41) is 12.1. The normalized spacial score (nSPS) is 26.3. The highest BCUT2D eigenvalue weighted by molar-refractivity contribution is 5.69.